The monoisotopic (exact) mass is 428 g/mol. The lowest BCUT2D eigenvalue weighted by Crippen LogP contribution is -2.58. The molecule has 1 fully saturated rings. The maximum atomic E-state index is 12.7. The molecule has 0 aromatic heterocycles. The molecule has 0 aliphatic carbocycles. The highest BCUT2D eigenvalue weighted by molar-refractivity contribution is 7.88. The first-order valence-electron chi connectivity index (χ1n) is 10.5. The van der Waals surface area contributed by atoms with Gasteiger partial charge < -0.3 is 9.64 Å². The average molecular weight is 429 g/mol. The first kappa shape index (κ1) is 20.9. The van der Waals surface area contributed by atoms with E-state index in [1.54, 1.807) is 4.90 Å². The van der Waals surface area contributed by atoms with Crippen LogP contribution >= 0.6 is 0 Å². The van der Waals surface area contributed by atoms with Crippen LogP contribution in [0.5, 0.6) is 0 Å². The van der Waals surface area contributed by atoms with Crippen molar-refractivity contribution in [1.29, 1.82) is 0 Å². The molecule has 160 valence electrons. The molecule has 0 spiro atoms. The number of carbonyl (C=O) groups is 1. The normalized spacial score (nSPS) is 22.6. The van der Waals surface area contributed by atoms with Gasteiger partial charge >= 0.3 is 6.09 Å². The molecular weight excluding hydrogens is 400 g/mol. The number of rotatable bonds is 3. The van der Waals surface area contributed by atoms with Crippen LogP contribution < -0.4 is 4.72 Å². The minimum absolute atomic E-state index is 0.274. The first-order valence-corrected chi connectivity index (χ1v) is 12.4. The van der Waals surface area contributed by atoms with Crippen molar-refractivity contribution in [3.8, 4) is 11.1 Å². The van der Waals surface area contributed by atoms with Crippen LogP contribution in [0, 0.1) is 0 Å². The summed E-state index contributed by atoms with van der Waals surface area (Å²) in [4.78, 5) is 14.4. The predicted molar refractivity (Wildman–Crippen MR) is 117 cm³/mol. The number of carbonyl (C=O) groups excluding carboxylic acids is 1. The van der Waals surface area contributed by atoms with Gasteiger partial charge in [0.25, 0.3) is 0 Å². The molecule has 1 saturated heterocycles. The Morgan fingerprint density at radius 3 is 2.63 bits per heavy atom. The average Bonchev–Trinajstić information content (AvgIpc) is 2.72. The van der Waals surface area contributed by atoms with E-state index < -0.39 is 10.0 Å². The molecule has 2 aromatic carbocycles. The summed E-state index contributed by atoms with van der Waals surface area (Å²) in [5.74, 6) is 0. The number of ether oxygens (including phenoxy) is 1. The molecule has 1 amide bonds. The molecule has 4 rings (SSSR count). The van der Waals surface area contributed by atoms with Crippen LogP contribution in [0.4, 0.5) is 4.79 Å². The Morgan fingerprint density at radius 1 is 1.07 bits per heavy atom. The topological polar surface area (TPSA) is 75.7 Å². The van der Waals surface area contributed by atoms with E-state index in [-0.39, 0.29) is 18.2 Å². The van der Waals surface area contributed by atoms with Gasteiger partial charge in [0.15, 0.2) is 0 Å². The van der Waals surface area contributed by atoms with Crippen LogP contribution in [0.3, 0.4) is 0 Å². The molecule has 30 heavy (non-hydrogen) atoms. The largest absolute Gasteiger partial charge is 0.449 e. The number of cyclic esters (lactones) is 1. The predicted octanol–water partition coefficient (Wildman–Crippen LogP) is 3.36. The number of amides is 1. The van der Waals surface area contributed by atoms with Gasteiger partial charge in [0, 0.05) is 12.6 Å². The van der Waals surface area contributed by atoms with Crippen LogP contribution in [0.25, 0.3) is 11.1 Å². The van der Waals surface area contributed by atoms with E-state index in [9.17, 15) is 13.2 Å². The summed E-state index contributed by atoms with van der Waals surface area (Å²) in [6, 6.07) is 16.0. The third-order valence-corrected chi connectivity index (χ3v) is 6.69. The minimum atomic E-state index is -3.39. The van der Waals surface area contributed by atoms with Crippen molar-refractivity contribution >= 4 is 16.1 Å². The highest BCUT2D eigenvalue weighted by atomic mass is 32.2. The Bertz CT molecular complexity index is 1010. The van der Waals surface area contributed by atoms with Gasteiger partial charge in [-0.25, -0.2) is 17.9 Å². The lowest BCUT2D eigenvalue weighted by molar-refractivity contribution is 0.0628. The van der Waals surface area contributed by atoms with E-state index in [1.165, 1.54) is 22.9 Å². The molecule has 2 atom stereocenters. The zero-order valence-corrected chi connectivity index (χ0v) is 18.0. The van der Waals surface area contributed by atoms with Gasteiger partial charge in [-0.15, -0.1) is 0 Å². The first-order chi connectivity index (χ1) is 14.4. The SMILES string of the molecule is CS(=O)(=O)NC1CCCN2C(=O)OCCCc3c(cccc3-c3ccccc3)CC12. The second-order valence-electron chi connectivity index (χ2n) is 8.13. The highest BCUT2D eigenvalue weighted by Gasteiger charge is 2.37. The number of sulfonamides is 1. The molecule has 0 radical (unpaired) electrons. The lowest BCUT2D eigenvalue weighted by atomic mass is 9.86. The Kier molecular flexibility index (Phi) is 6.11. The molecule has 6 nitrogen and oxygen atoms in total. The zero-order chi connectivity index (χ0) is 21.1. The number of piperidine rings is 1. The summed E-state index contributed by atoms with van der Waals surface area (Å²) in [5, 5.41) is 0. The molecule has 2 unspecified atom stereocenters. The molecule has 2 aromatic rings. The van der Waals surface area contributed by atoms with E-state index >= 15 is 0 Å². The Hall–Kier alpha value is -2.38. The van der Waals surface area contributed by atoms with Crippen LogP contribution in [-0.2, 0) is 27.6 Å². The summed E-state index contributed by atoms with van der Waals surface area (Å²) in [5.41, 5.74) is 4.78. The lowest BCUT2D eigenvalue weighted by Gasteiger charge is -2.41. The summed E-state index contributed by atoms with van der Waals surface area (Å²) in [6.45, 7) is 0.938. The fraction of sp³-hybridized carbons (Fsp3) is 0.435. The van der Waals surface area contributed by atoms with Crippen molar-refractivity contribution in [3.63, 3.8) is 0 Å². The van der Waals surface area contributed by atoms with Crippen molar-refractivity contribution in [2.75, 3.05) is 19.4 Å². The molecule has 2 aliphatic heterocycles. The minimum Gasteiger partial charge on any atom is -0.449 e. The molecule has 1 N–H and O–H groups in total. The molecule has 0 saturated carbocycles. The molecular formula is C23H28N2O4S. The number of fused-ring (bicyclic) bond motifs is 2. The summed E-state index contributed by atoms with van der Waals surface area (Å²) in [7, 11) is -3.39. The standard InChI is InChI=1S/C23H28N2O4S/c1-30(27,28)24-21-13-6-14-25-22(21)16-18-10-5-11-19(17-8-3-2-4-9-17)20(18)12-7-15-29-23(25)26/h2-5,8-11,21-22,24H,6-7,12-16H2,1H3. The van der Waals surface area contributed by atoms with Crippen LogP contribution in [0.2, 0.25) is 0 Å². The van der Waals surface area contributed by atoms with Crippen molar-refractivity contribution in [2.24, 2.45) is 0 Å². The van der Waals surface area contributed by atoms with E-state index in [2.05, 4.69) is 35.1 Å². The van der Waals surface area contributed by atoms with Gasteiger partial charge in [-0.05, 0) is 54.4 Å². The third-order valence-electron chi connectivity index (χ3n) is 5.96. The maximum absolute atomic E-state index is 12.7. The van der Waals surface area contributed by atoms with Gasteiger partial charge in [0.1, 0.15) is 0 Å². The van der Waals surface area contributed by atoms with Crippen molar-refractivity contribution < 1.29 is 17.9 Å². The fourth-order valence-corrected chi connectivity index (χ4v) is 5.50. The Balaban J connectivity index is 1.76. The van der Waals surface area contributed by atoms with Gasteiger partial charge in [-0.2, -0.15) is 0 Å². The van der Waals surface area contributed by atoms with E-state index in [4.69, 9.17) is 4.74 Å². The quantitative estimate of drug-likeness (QED) is 0.813. The van der Waals surface area contributed by atoms with Crippen LogP contribution in [0.15, 0.2) is 48.5 Å². The van der Waals surface area contributed by atoms with Crippen molar-refractivity contribution in [3.05, 3.63) is 59.7 Å². The summed E-state index contributed by atoms with van der Waals surface area (Å²) >= 11 is 0. The summed E-state index contributed by atoms with van der Waals surface area (Å²) < 4.78 is 32.2. The number of hydrogen-bond donors (Lipinski definition) is 1. The molecule has 2 heterocycles. The second-order valence-corrected chi connectivity index (χ2v) is 9.91. The van der Waals surface area contributed by atoms with Gasteiger partial charge in [0.05, 0.1) is 18.9 Å². The highest BCUT2D eigenvalue weighted by Crippen LogP contribution is 2.31. The van der Waals surface area contributed by atoms with Gasteiger partial charge in [-0.3, -0.25) is 0 Å². The van der Waals surface area contributed by atoms with Gasteiger partial charge in [0.2, 0.25) is 10.0 Å². The van der Waals surface area contributed by atoms with Crippen molar-refractivity contribution in [2.45, 2.75) is 44.2 Å². The van der Waals surface area contributed by atoms with E-state index in [0.29, 0.717) is 26.0 Å². The molecule has 2 aliphatic rings. The third kappa shape index (κ3) is 4.68. The summed E-state index contributed by atoms with van der Waals surface area (Å²) in [6.07, 6.45) is 4.44. The van der Waals surface area contributed by atoms with Crippen LogP contribution in [-0.4, -0.2) is 50.9 Å². The van der Waals surface area contributed by atoms with E-state index in [1.807, 2.05) is 18.2 Å². The number of benzene rings is 2. The molecule has 7 heteroatoms. The second kappa shape index (κ2) is 8.78. The Labute approximate surface area is 178 Å². The van der Waals surface area contributed by atoms with Crippen molar-refractivity contribution in [1.82, 2.24) is 9.62 Å². The number of hydrogen-bond acceptors (Lipinski definition) is 4. The number of nitrogens with one attached hydrogen (secondary N) is 1. The van der Waals surface area contributed by atoms with E-state index in [0.717, 1.165) is 24.8 Å². The number of nitrogens with zero attached hydrogens (tertiary/aromatic N) is 1. The van der Waals surface area contributed by atoms with Gasteiger partial charge in [-0.1, -0.05) is 48.5 Å². The molecule has 0 bridgehead atoms. The fourth-order valence-electron chi connectivity index (χ4n) is 4.67. The Morgan fingerprint density at radius 2 is 1.87 bits per heavy atom. The smallest absolute Gasteiger partial charge is 0.410 e. The van der Waals surface area contributed by atoms with Crippen LogP contribution in [0.1, 0.15) is 30.4 Å². The maximum Gasteiger partial charge on any atom is 0.410 e. The zero-order valence-electron chi connectivity index (χ0n) is 17.2.